The maximum absolute atomic E-state index is 6.25. The second kappa shape index (κ2) is 7.23. The minimum Gasteiger partial charge on any atom is -0.340 e. The normalized spacial score (nSPS) is 14.8. The van der Waals surface area contributed by atoms with Crippen molar-refractivity contribution in [3.05, 3.63) is 70.6 Å². The molecule has 132 valence electrons. The number of aromatic nitrogens is 2. The van der Waals surface area contributed by atoms with E-state index in [9.17, 15) is 0 Å². The Morgan fingerprint density at radius 3 is 2.62 bits per heavy atom. The van der Waals surface area contributed by atoms with Crippen LogP contribution >= 0.6 is 23.2 Å². The summed E-state index contributed by atoms with van der Waals surface area (Å²) in [5.41, 5.74) is 5.42. The third-order valence-electron chi connectivity index (χ3n) is 4.59. The molecule has 2 aromatic carbocycles. The van der Waals surface area contributed by atoms with Crippen LogP contribution < -0.4 is 4.90 Å². The highest BCUT2D eigenvalue weighted by Gasteiger charge is 2.20. The molecular formula is C20H18Cl2N4. The number of fused-ring (bicyclic) bond motifs is 1. The first-order valence-electron chi connectivity index (χ1n) is 8.42. The molecule has 0 saturated carbocycles. The Morgan fingerprint density at radius 2 is 1.85 bits per heavy atom. The van der Waals surface area contributed by atoms with Crippen molar-refractivity contribution in [3.63, 3.8) is 0 Å². The molecule has 0 atom stereocenters. The molecule has 0 aliphatic carbocycles. The standard InChI is InChI=1S/C20H18Cl2N4/c1-25-8-9-26(16-3-4-17(21)18(22)11-16)20-5-2-14(10-15(20)13-25)19-12-23-6-7-24-19/h2-7,10-12H,8-9,13H2,1H3. The smallest absolute Gasteiger partial charge is 0.0885 e. The summed E-state index contributed by atoms with van der Waals surface area (Å²) in [5.74, 6) is 0. The zero-order valence-corrected chi connectivity index (χ0v) is 15.9. The largest absolute Gasteiger partial charge is 0.340 e. The Morgan fingerprint density at radius 1 is 0.962 bits per heavy atom. The first-order valence-corrected chi connectivity index (χ1v) is 9.18. The van der Waals surface area contributed by atoms with Crippen molar-refractivity contribution < 1.29 is 0 Å². The van der Waals surface area contributed by atoms with E-state index in [0.717, 1.165) is 36.6 Å². The predicted molar refractivity (Wildman–Crippen MR) is 107 cm³/mol. The third kappa shape index (κ3) is 3.40. The summed E-state index contributed by atoms with van der Waals surface area (Å²) < 4.78 is 0. The fourth-order valence-corrected chi connectivity index (χ4v) is 3.56. The van der Waals surface area contributed by atoms with Crippen molar-refractivity contribution in [2.24, 2.45) is 0 Å². The summed E-state index contributed by atoms with van der Waals surface area (Å²) in [5, 5.41) is 1.14. The van der Waals surface area contributed by atoms with Gasteiger partial charge in [0.2, 0.25) is 0 Å². The summed E-state index contributed by atoms with van der Waals surface area (Å²) in [4.78, 5) is 13.2. The monoisotopic (exact) mass is 384 g/mol. The van der Waals surface area contributed by atoms with E-state index in [4.69, 9.17) is 23.2 Å². The third-order valence-corrected chi connectivity index (χ3v) is 5.33. The van der Waals surface area contributed by atoms with Crippen molar-refractivity contribution in [2.75, 3.05) is 25.0 Å². The van der Waals surface area contributed by atoms with Crippen LogP contribution in [0.1, 0.15) is 5.56 Å². The van der Waals surface area contributed by atoms with Crippen LogP contribution in [0.2, 0.25) is 10.0 Å². The summed E-state index contributed by atoms with van der Waals surface area (Å²) in [6, 6.07) is 12.2. The van der Waals surface area contributed by atoms with Crippen LogP contribution in [0.5, 0.6) is 0 Å². The minimum absolute atomic E-state index is 0.569. The molecular weight excluding hydrogens is 367 g/mol. The minimum atomic E-state index is 0.569. The Balaban J connectivity index is 1.79. The van der Waals surface area contributed by atoms with Crippen molar-refractivity contribution in [1.82, 2.24) is 14.9 Å². The van der Waals surface area contributed by atoms with Crippen LogP contribution in [0.3, 0.4) is 0 Å². The van der Waals surface area contributed by atoms with Crippen LogP contribution in [0.25, 0.3) is 11.3 Å². The zero-order valence-electron chi connectivity index (χ0n) is 14.4. The molecule has 2 heterocycles. The van der Waals surface area contributed by atoms with Crippen LogP contribution in [-0.4, -0.2) is 35.0 Å². The zero-order chi connectivity index (χ0) is 18.1. The molecule has 0 saturated heterocycles. The average molecular weight is 385 g/mol. The number of halogens is 2. The Bertz CT molecular complexity index is 930. The van der Waals surface area contributed by atoms with E-state index in [-0.39, 0.29) is 0 Å². The van der Waals surface area contributed by atoms with E-state index < -0.39 is 0 Å². The van der Waals surface area contributed by atoms with Gasteiger partial charge in [0.1, 0.15) is 0 Å². The number of nitrogens with zero attached hydrogens (tertiary/aromatic N) is 4. The molecule has 0 amide bonds. The molecule has 4 nitrogen and oxygen atoms in total. The molecule has 1 aromatic heterocycles. The van der Waals surface area contributed by atoms with Gasteiger partial charge in [-0.1, -0.05) is 29.3 Å². The summed E-state index contributed by atoms with van der Waals surface area (Å²) in [6.07, 6.45) is 5.20. The Kier molecular flexibility index (Phi) is 4.81. The second-order valence-electron chi connectivity index (χ2n) is 6.42. The lowest BCUT2D eigenvalue weighted by Gasteiger charge is -2.25. The highest BCUT2D eigenvalue weighted by Crippen LogP contribution is 2.36. The van der Waals surface area contributed by atoms with Gasteiger partial charge in [-0.15, -0.1) is 0 Å². The molecule has 0 bridgehead atoms. The SMILES string of the molecule is CN1CCN(c2ccc(Cl)c(Cl)c2)c2ccc(-c3cnccn3)cc2C1. The molecule has 0 fully saturated rings. The Hall–Kier alpha value is -2.14. The van der Waals surface area contributed by atoms with Gasteiger partial charge >= 0.3 is 0 Å². The van der Waals surface area contributed by atoms with Crippen LogP contribution in [0, 0.1) is 0 Å². The van der Waals surface area contributed by atoms with Gasteiger partial charge in [-0.3, -0.25) is 9.97 Å². The molecule has 26 heavy (non-hydrogen) atoms. The number of benzene rings is 2. The van der Waals surface area contributed by atoms with Gasteiger partial charge < -0.3 is 9.80 Å². The number of likely N-dealkylation sites (N-methyl/N-ethyl adjacent to an activating group) is 1. The fraction of sp³-hybridized carbons (Fsp3) is 0.200. The van der Waals surface area contributed by atoms with E-state index in [2.05, 4.69) is 45.0 Å². The number of anilines is 2. The summed E-state index contributed by atoms with van der Waals surface area (Å²) in [7, 11) is 2.14. The van der Waals surface area contributed by atoms with Crippen LogP contribution in [0.4, 0.5) is 11.4 Å². The van der Waals surface area contributed by atoms with Gasteiger partial charge in [0.05, 0.1) is 21.9 Å². The topological polar surface area (TPSA) is 32.3 Å². The highest BCUT2D eigenvalue weighted by atomic mass is 35.5. The number of hydrogen-bond acceptors (Lipinski definition) is 4. The van der Waals surface area contributed by atoms with Gasteiger partial charge in [0, 0.05) is 49.0 Å². The van der Waals surface area contributed by atoms with Gasteiger partial charge in [-0.2, -0.15) is 0 Å². The highest BCUT2D eigenvalue weighted by molar-refractivity contribution is 6.42. The lowest BCUT2D eigenvalue weighted by Crippen LogP contribution is -2.26. The van der Waals surface area contributed by atoms with Gasteiger partial charge in [0.15, 0.2) is 0 Å². The fourth-order valence-electron chi connectivity index (χ4n) is 3.27. The maximum atomic E-state index is 6.25. The van der Waals surface area contributed by atoms with E-state index in [0.29, 0.717) is 10.0 Å². The lowest BCUT2D eigenvalue weighted by molar-refractivity contribution is 0.343. The summed E-state index contributed by atoms with van der Waals surface area (Å²) >= 11 is 12.3. The Labute approximate surface area is 163 Å². The first-order chi connectivity index (χ1) is 12.6. The molecule has 6 heteroatoms. The quantitative estimate of drug-likeness (QED) is 0.619. The predicted octanol–water partition coefficient (Wildman–Crippen LogP) is 5.03. The molecule has 1 aliphatic heterocycles. The molecule has 0 unspecified atom stereocenters. The molecule has 0 radical (unpaired) electrons. The van der Waals surface area contributed by atoms with Crippen LogP contribution in [0.15, 0.2) is 55.0 Å². The molecule has 3 aromatic rings. The van der Waals surface area contributed by atoms with Crippen molar-refractivity contribution in [1.29, 1.82) is 0 Å². The van der Waals surface area contributed by atoms with E-state index in [1.807, 2.05) is 18.2 Å². The number of rotatable bonds is 2. The van der Waals surface area contributed by atoms with Crippen molar-refractivity contribution in [2.45, 2.75) is 6.54 Å². The van der Waals surface area contributed by atoms with Gasteiger partial charge in [-0.05, 0) is 42.9 Å². The van der Waals surface area contributed by atoms with E-state index >= 15 is 0 Å². The van der Waals surface area contributed by atoms with Gasteiger partial charge in [-0.25, -0.2) is 0 Å². The molecule has 0 spiro atoms. The molecule has 4 rings (SSSR count). The summed E-state index contributed by atoms with van der Waals surface area (Å²) in [6.45, 7) is 2.71. The number of hydrogen-bond donors (Lipinski definition) is 0. The lowest BCUT2D eigenvalue weighted by atomic mass is 10.0. The van der Waals surface area contributed by atoms with Crippen molar-refractivity contribution in [3.8, 4) is 11.3 Å². The molecule has 1 aliphatic rings. The van der Waals surface area contributed by atoms with E-state index in [1.165, 1.54) is 11.3 Å². The maximum Gasteiger partial charge on any atom is 0.0885 e. The van der Waals surface area contributed by atoms with E-state index in [1.54, 1.807) is 18.6 Å². The molecule has 0 N–H and O–H groups in total. The van der Waals surface area contributed by atoms with Gasteiger partial charge in [0.25, 0.3) is 0 Å². The average Bonchev–Trinajstić information content (AvgIpc) is 2.82. The van der Waals surface area contributed by atoms with Crippen LogP contribution in [-0.2, 0) is 6.54 Å². The van der Waals surface area contributed by atoms with Crippen molar-refractivity contribution >= 4 is 34.6 Å². The second-order valence-corrected chi connectivity index (χ2v) is 7.24. The first kappa shape index (κ1) is 17.3.